The van der Waals surface area contributed by atoms with Crippen molar-refractivity contribution < 1.29 is 0 Å². The first kappa shape index (κ1) is 10.4. The van der Waals surface area contributed by atoms with Gasteiger partial charge >= 0.3 is 0 Å². The van der Waals surface area contributed by atoms with Crippen LogP contribution in [-0.2, 0) is 5.88 Å². The summed E-state index contributed by atoms with van der Waals surface area (Å²) in [5.41, 5.74) is 2.11. The molecular formula is C12H12Cl2N2. The van der Waals surface area contributed by atoms with Crippen LogP contribution in [0.1, 0.15) is 31.1 Å². The summed E-state index contributed by atoms with van der Waals surface area (Å²) in [6, 6.07) is 6.44. The number of imidazole rings is 1. The van der Waals surface area contributed by atoms with Gasteiger partial charge in [0.1, 0.15) is 5.82 Å². The van der Waals surface area contributed by atoms with Gasteiger partial charge in [-0.2, -0.15) is 0 Å². The van der Waals surface area contributed by atoms with Crippen LogP contribution in [0.3, 0.4) is 0 Å². The second-order valence-electron chi connectivity index (χ2n) is 4.25. The Hall–Kier alpha value is -0.730. The second-order valence-corrected chi connectivity index (χ2v) is 4.95. The number of fused-ring (bicyclic) bond motifs is 1. The monoisotopic (exact) mass is 254 g/mol. The Kier molecular flexibility index (Phi) is 2.56. The summed E-state index contributed by atoms with van der Waals surface area (Å²) in [6.45, 7) is 0. The number of aromatic nitrogens is 2. The van der Waals surface area contributed by atoms with Gasteiger partial charge in [-0.25, -0.2) is 4.98 Å². The van der Waals surface area contributed by atoms with Gasteiger partial charge in [0.15, 0.2) is 0 Å². The van der Waals surface area contributed by atoms with E-state index in [0.717, 1.165) is 21.9 Å². The highest BCUT2D eigenvalue weighted by atomic mass is 35.5. The Bertz CT molecular complexity index is 529. The molecule has 1 heterocycles. The fraction of sp³-hybridized carbons (Fsp3) is 0.417. The number of halogens is 2. The van der Waals surface area contributed by atoms with Gasteiger partial charge in [0.25, 0.3) is 0 Å². The van der Waals surface area contributed by atoms with Gasteiger partial charge in [-0.1, -0.05) is 11.6 Å². The van der Waals surface area contributed by atoms with E-state index in [0.29, 0.717) is 11.9 Å². The predicted molar refractivity (Wildman–Crippen MR) is 67.2 cm³/mol. The minimum Gasteiger partial charge on any atom is -0.324 e. The highest BCUT2D eigenvalue weighted by Gasteiger charge is 2.24. The maximum absolute atomic E-state index is 5.97. The summed E-state index contributed by atoms with van der Waals surface area (Å²) in [5, 5.41) is 0.729. The van der Waals surface area contributed by atoms with Crippen molar-refractivity contribution in [2.24, 2.45) is 0 Å². The molecule has 0 aliphatic heterocycles. The van der Waals surface area contributed by atoms with Crippen molar-refractivity contribution in [1.82, 2.24) is 9.55 Å². The summed E-state index contributed by atoms with van der Waals surface area (Å²) < 4.78 is 2.28. The Morgan fingerprint density at radius 2 is 2.19 bits per heavy atom. The van der Waals surface area contributed by atoms with Crippen LogP contribution in [-0.4, -0.2) is 9.55 Å². The standard InChI is InChI=1S/C12H12Cl2N2/c13-7-12-15-10-6-8(14)4-5-11(10)16(12)9-2-1-3-9/h4-6,9H,1-3,7H2. The third kappa shape index (κ3) is 1.52. The van der Waals surface area contributed by atoms with Crippen molar-refractivity contribution in [2.75, 3.05) is 0 Å². The summed E-state index contributed by atoms with van der Waals surface area (Å²) in [4.78, 5) is 4.54. The van der Waals surface area contributed by atoms with E-state index in [1.165, 1.54) is 19.3 Å². The largest absolute Gasteiger partial charge is 0.324 e. The summed E-state index contributed by atoms with van der Waals surface area (Å²) in [5.74, 6) is 1.42. The van der Waals surface area contributed by atoms with E-state index in [1.54, 1.807) is 0 Å². The lowest BCUT2D eigenvalue weighted by atomic mass is 9.92. The van der Waals surface area contributed by atoms with Gasteiger partial charge in [0, 0.05) is 11.1 Å². The van der Waals surface area contributed by atoms with Crippen molar-refractivity contribution in [3.8, 4) is 0 Å². The van der Waals surface area contributed by atoms with Crippen molar-refractivity contribution >= 4 is 34.2 Å². The molecule has 0 bridgehead atoms. The van der Waals surface area contributed by atoms with E-state index in [-0.39, 0.29) is 0 Å². The van der Waals surface area contributed by atoms with Gasteiger partial charge < -0.3 is 4.57 Å². The molecule has 0 unspecified atom stereocenters. The van der Waals surface area contributed by atoms with Crippen molar-refractivity contribution in [2.45, 2.75) is 31.2 Å². The van der Waals surface area contributed by atoms with Crippen LogP contribution in [0.25, 0.3) is 11.0 Å². The molecule has 0 amide bonds. The smallest absolute Gasteiger partial charge is 0.125 e. The maximum Gasteiger partial charge on any atom is 0.125 e. The maximum atomic E-state index is 5.97. The fourth-order valence-electron chi connectivity index (χ4n) is 2.27. The van der Waals surface area contributed by atoms with Crippen molar-refractivity contribution in [3.63, 3.8) is 0 Å². The summed E-state index contributed by atoms with van der Waals surface area (Å²) >= 11 is 11.9. The number of nitrogens with zero attached hydrogens (tertiary/aromatic N) is 2. The number of rotatable bonds is 2. The quantitative estimate of drug-likeness (QED) is 0.737. The Morgan fingerprint density at radius 3 is 2.81 bits per heavy atom. The van der Waals surface area contributed by atoms with E-state index in [9.17, 15) is 0 Å². The van der Waals surface area contributed by atoms with Crippen LogP contribution in [0.15, 0.2) is 18.2 Å². The number of benzene rings is 1. The number of hydrogen-bond acceptors (Lipinski definition) is 1. The molecule has 3 rings (SSSR count). The highest BCUT2D eigenvalue weighted by Crippen LogP contribution is 2.36. The molecule has 1 aromatic carbocycles. The molecular weight excluding hydrogens is 243 g/mol. The fourth-order valence-corrected chi connectivity index (χ4v) is 2.62. The Labute approximate surface area is 104 Å². The van der Waals surface area contributed by atoms with Crippen LogP contribution in [0.2, 0.25) is 5.02 Å². The first-order valence-corrected chi connectivity index (χ1v) is 6.43. The van der Waals surface area contributed by atoms with E-state index in [1.807, 2.05) is 18.2 Å². The molecule has 1 aromatic heterocycles. The molecule has 4 heteroatoms. The molecule has 16 heavy (non-hydrogen) atoms. The van der Waals surface area contributed by atoms with Gasteiger partial charge in [0.05, 0.1) is 16.9 Å². The Balaban J connectivity index is 2.22. The first-order valence-electron chi connectivity index (χ1n) is 5.52. The van der Waals surface area contributed by atoms with Crippen LogP contribution >= 0.6 is 23.2 Å². The topological polar surface area (TPSA) is 17.8 Å². The first-order chi connectivity index (χ1) is 7.79. The van der Waals surface area contributed by atoms with Crippen LogP contribution < -0.4 is 0 Å². The molecule has 0 saturated heterocycles. The molecule has 1 aliphatic rings. The normalized spacial score (nSPS) is 16.6. The zero-order valence-corrected chi connectivity index (χ0v) is 10.3. The van der Waals surface area contributed by atoms with E-state index in [2.05, 4.69) is 9.55 Å². The molecule has 0 radical (unpaired) electrons. The molecule has 1 aliphatic carbocycles. The molecule has 1 saturated carbocycles. The third-order valence-electron chi connectivity index (χ3n) is 3.28. The van der Waals surface area contributed by atoms with E-state index in [4.69, 9.17) is 23.2 Å². The van der Waals surface area contributed by atoms with Crippen molar-refractivity contribution in [3.05, 3.63) is 29.0 Å². The van der Waals surface area contributed by atoms with E-state index < -0.39 is 0 Å². The van der Waals surface area contributed by atoms with Crippen LogP contribution in [0.5, 0.6) is 0 Å². The second kappa shape index (κ2) is 3.94. The van der Waals surface area contributed by atoms with Crippen molar-refractivity contribution in [1.29, 1.82) is 0 Å². The molecule has 2 nitrogen and oxygen atoms in total. The van der Waals surface area contributed by atoms with Crippen LogP contribution in [0, 0.1) is 0 Å². The lowest BCUT2D eigenvalue weighted by molar-refractivity contribution is 0.315. The van der Waals surface area contributed by atoms with Gasteiger partial charge in [-0.15, -0.1) is 11.6 Å². The number of alkyl halides is 1. The molecule has 84 valence electrons. The predicted octanol–water partition coefficient (Wildman–Crippen LogP) is 4.15. The number of hydrogen-bond donors (Lipinski definition) is 0. The third-order valence-corrected chi connectivity index (χ3v) is 3.76. The van der Waals surface area contributed by atoms with E-state index >= 15 is 0 Å². The lowest BCUT2D eigenvalue weighted by Gasteiger charge is -2.28. The van der Waals surface area contributed by atoms with Gasteiger partial charge in [0.2, 0.25) is 0 Å². The average Bonchev–Trinajstić information content (AvgIpc) is 2.54. The Morgan fingerprint density at radius 1 is 1.38 bits per heavy atom. The molecule has 2 aromatic rings. The summed E-state index contributed by atoms with van der Waals surface area (Å²) in [6.07, 6.45) is 3.77. The zero-order chi connectivity index (χ0) is 11.1. The average molecular weight is 255 g/mol. The highest BCUT2D eigenvalue weighted by molar-refractivity contribution is 6.31. The SMILES string of the molecule is ClCc1nc2cc(Cl)ccc2n1C1CCC1. The molecule has 0 spiro atoms. The minimum atomic E-state index is 0.461. The molecule has 1 fully saturated rings. The van der Waals surface area contributed by atoms with Gasteiger partial charge in [-0.3, -0.25) is 0 Å². The lowest BCUT2D eigenvalue weighted by Crippen LogP contribution is -2.18. The molecule has 0 atom stereocenters. The molecule has 0 N–H and O–H groups in total. The summed E-state index contributed by atoms with van der Waals surface area (Å²) in [7, 11) is 0. The van der Waals surface area contributed by atoms with Gasteiger partial charge in [-0.05, 0) is 37.5 Å². The van der Waals surface area contributed by atoms with Crippen LogP contribution in [0.4, 0.5) is 0 Å². The minimum absolute atomic E-state index is 0.461. The zero-order valence-electron chi connectivity index (χ0n) is 8.79.